The molecule has 4 rings (SSSR count). The molecule has 0 radical (unpaired) electrons. The molecule has 1 aliphatic rings. The van der Waals surface area contributed by atoms with Crippen LogP contribution in [0, 0.1) is 17.0 Å². The highest BCUT2D eigenvalue weighted by Crippen LogP contribution is 2.25. The van der Waals surface area contributed by atoms with Crippen LogP contribution in [0.5, 0.6) is 0 Å². The van der Waals surface area contributed by atoms with Crippen molar-refractivity contribution in [3.63, 3.8) is 0 Å². The molecule has 0 amide bonds. The van der Waals surface area contributed by atoms with Crippen molar-refractivity contribution in [2.75, 3.05) is 31.1 Å². The minimum Gasteiger partial charge on any atom is -0.454 e. The second kappa shape index (κ2) is 8.05. The van der Waals surface area contributed by atoms with Gasteiger partial charge in [-0.15, -0.1) is 0 Å². The summed E-state index contributed by atoms with van der Waals surface area (Å²) >= 11 is 5.66. The first-order chi connectivity index (χ1) is 14.0. The molecule has 1 aliphatic heterocycles. The lowest BCUT2D eigenvalue weighted by Gasteiger charge is -2.36. The lowest BCUT2D eigenvalue weighted by Crippen LogP contribution is -2.48. The van der Waals surface area contributed by atoms with E-state index in [1.165, 1.54) is 5.56 Å². The van der Waals surface area contributed by atoms with Gasteiger partial charge in [0.2, 0.25) is 0 Å². The number of hydrogen-bond donors (Lipinski definition) is 0. The third-order valence-corrected chi connectivity index (χ3v) is 5.60. The van der Waals surface area contributed by atoms with E-state index in [0.29, 0.717) is 10.7 Å². The van der Waals surface area contributed by atoms with Gasteiger partial charge in [0.1, 0.15) is 10.7 Å². The second-order valence-corrected chi connectivity index (χ2v) is 7.47. The fraction of sp³-hybridized carbons (Fsp3) is 0.227. The number of rotatable bonds is 4. The highest BCUT2D eigenvalue weighted by atomic mass is 32.1. The Morgan fingerprint density at radius 1 is 0.966 bits per heavy atom. The predicted octanol–water partition coefficient (Wildman–Crippen LogP) is 4.66. The van der Waals surface area contributed by atoms with Crippen molar-refractivity contribution in [1.82, 2.24) is 4.90 Å². The molecule has 0 unspecified atom stereocenters. The van der Waals surface area contributed by atoms with Gasteiger partial charge in [0.15, 0.2) is 5.76 Å². The minimum absolute atomic E-state index is 0.107. The monoisotopic (exact) mass is 407 g/mol. The highest BCUT2D eigenvalue weighted by Gasteiger charge is 2.22. The van der Waals surface area contributed by atoms with E-state index >= 15 is 0 Å². The summed E-state index contributed by atoms with van der Waals surface area (Å²) in [7, 11) is 0. The van der Waals surface area contributed by atoms with E-state index < -0.39 is 0 Å². The van der Waals surface area contributed by atoms with E-state index in [9.17, 15) is 10.1 Å². The van der Waals surface area contributed by atoms with Crippen molar-refractivity contribution in [2.24, 2.45) is 0 Å². The summed E-state index contributed by atoms with van der Waals surface area (Å²) < 4.78 is 6.01. The number of aryl methyl sites for hydroxylation is 1. The summed E-state index contributed by atoms with van der Waals surface area (Å²) in [6.45, 7) is 5.20. The molecule has 7 heteroatoms. The fourth-order valence-corrected chi connectivity index (χ4v) is 3.73. The third kappa shape index (κ3) is 4.14. The standard InChI is InChI=1S/C22H21N3O3S/c1-16-2-4-17(5-3-16)20-10-11-21(28-20)22(29)24-14-12-23(13-15-24)18-6-8-19(9-7-18)25(26)27/h2-11H,12-15H2,1H3. The van der Waals surface area contributed by atoms with Gasteiger partial charge in [-0.25, -0.2) is 0 Å². The Labute approximate surface area is 174 Å². The Hall–Kier alpha value is -3.19. The molecule has 3 aromatic rings. The number of furan rings is 1. The van der Waals surface area contributed by atoms with Crippen molar-refractivity contribution in [3.05, 3.63) is 82.1 Å². The summed E-state index contributed by atoms with van der Waals surface area (Å²) in [6.07, 6.45) is 0. The lowest BCUT2D eigenvalue weighted by atomic mass is 10.1. The van der Waals surface area contributed by atoms with Crippen LogP contribution in [0.25, 0.3) is 11.3 Å². The van der Waals surface area contributed by atoms with Crippen molar-refractivity contribution in [3.8, 4) is 11.3 Å². The number of benzene rings is 2. The third-order valence-electron chi connectivity index (χ3n) is 5.15. The number of nitro benzene ring substituents is 1. The van der Waals surface area contributed by atoms with Crippen LogP contribution in [0.2, 0.25) is 0 Å². The van der Waals surface area contributed by atoms with E-state index in [4.69, 9.17) is 16.6 Å². The van der Waals surface area contributed by atoms with Crippen molar-refractivity contribution in [2.45, 2.75) is 6.92 Å². The lowest BCUT2D eigenvalue weighted by molar-refractivity contribution is -0.384. The first kappa shape index (κ1) is 19.1. The van der Waals surface area contributed by atoms with Crippen LogP contribution < -0.4 is 4.90 Å². The molecule has 0 spiro atoms. The van der Waals surface area contributed by atoms with Gasteiger partial charge >= 0.3 is 0 Å². The molecule has 1 saturated heterocycles. The molecule has 0 atom stereocenters. The first-order valence-electron chi connectivity index (χ1n) is 9.47. The molecule has 29 heavy (non-hydrogen) atoms. The minimum atomic E-state index is -0.381. The van der Waals surface area contributed by atoms with Crippen LogP contribution in [0.3, 0.4) is 0 Å². The van der Waals surface area contributed by atoms with Gasteiger partial charge in [-0.05, 0) is 31.2 Å². The van der Waals surface area contributed by atoms with Gasteiger partial charge in [-0.1, -0.05) is 42.0 Å². The molecule has 0 bridgehead atoms. The number of nitrogens with zero attached hydrogens (tertiary/aromatic N) is 3. The van der Waals surface area contributed by atoms with Crippen LogP contribution >= 0.6 is 12.2 Å². The highest BCUT2D eigenvalue weighted by molar-refractivity contribution is 7.80. The number of nitro groups is 1. The van der Waals surface area contributed by atoms with E-state index in [1.807, 2.05) is 24.3 Å². The summed E-state index contributed by atoms with van der Waals surface area (Å²) in [5.41, 5.74) is 3.34. The zero-order valence-corrected chi connectivity index (χ0v) is 16.9. The van der Waals surface area contributed by atoms with E-state index in [1.54, 1.807) is 24.3 Å². The molecule has 148 valence electrons. The van der Waals surface area contributed by atoms with Crippen LogP contribution in [-0.2, 0) is 0 Å². The number of non-ortho nitro benzene ring substituents is 1. The number of hydrogen-bond acceptors (Lipinski definition) is 5. The average Bonchev–Trinajstić information content (AvgIpc) is 3.24. The van der Waals surface area contributed by atoms with Gasteiger partial charge in [0, 0.05) is 49.6 Å². The zero-order valence-electron chi connectivity index (χ0n) is 16.1. The molecule has 2 aromatic carbocycles. The maximum absolute atomic E-state index is 10.8. The fourth-order valence-electron chi connectivity index (χ4n) is 3.43. The number of piperazine rings is 1. The maximum Gasteiger partial charge on any atom is 0.269 e. The number of thiocarbonyl (C=S) groups is 1. The van der Waals surface area contributed by atoms with Gasteiger partial charge in [0.05, 0.1) is 4.92 Å². The SMILES string of the molecule is Cc1ccc(-c2ccc(C(=S)N3CCN(c4ccc([N+](=O)[O-])cc4)CC3)o2)cc1. The molecule has 6 nitrogen and oxygen atoms in total. The van der Waals surface area contributed by atoms with E-state index in [2.05, 4.69) is 28.9 Å². The Balaban J connectivity index is 1.39. The first-order valence-corrected chi connectivity index (χ1v) is 9.87. The molecule has 0 saturated carbocycles. The molecular weight excluding hydrogens is 386 g/mol. The summed E-state index contributed by atoms with van der Waals surface area (Å²) in [6, 6.07) is 18.8. The largest absolute Gasteiger partial charge is 0.454 e. The Bertz CT molecular complexity index is 1020. The van der Waals surface area contributed by atoms with Gasteiger partial charge < -0.3 is 14.2 Å². The quantitative estimate of drug-likeness (QED) is 0.356. The van der Waals surface area contributed by atoms with Crippen molar-refractivity contribution >= 4 is 28.6 Å². The average molecular weight is 407 g/mol. The normalized spacial score (nSPS) is 14.1. The van der Waals surface area contributed by atoms with E-state index in [-0.39, 0.29) is 10.6 Å². The summed E-state index contributed by atoms with van der Waals surface area (Å²) in [4.78, 5) is 15.5. The van der Waals surface area contributed by atoms with Crippen LogP contribution in [0.1, 0.15) is 11.3 Å². The molecule has 0 aliphatic carbocycles. The summed E-state index contributed by atoms with van der Waals surface area (Å²) in [5, 5.41) is 10.8. The smallest absolute Gasteiger partial charge is 0.269 e. The molecule has 2 heterocycles. The topological polar surface area (TPSA) is 62.8 Å². The second-order valence-electron chi connectivity index (χ2n) is 7.08. The van der Waals surface area contributed by atoms with Crippen molar-refractivity contribution in [1.29, 1.82) is 0 Å². The van der Waals surface area contributed by atoms with Gasteiger partial charge in [-0.2, -0.15) is 0 Å². The molecule has 1 aromatic heterocycles. The number of anilines is 1. The van der Waals surface area contributed by atoms with Crippen LogP contribution in [-0.4, -0.2) is 41.0 Å². The Morgan fingerprint density at radius 3 is 2.24 bits per heavy atom. The predicted molar refractivity (Wildman–Crippen MR) is 117 cm³/mol. The molecule has 0 N–H and O–H groups in total. The molecule has 1 fully saturated rings. The Morgan fingerprint density at radius 2 is 1.62 bits per heavy atom. The zero-order chi connectivity index (χ0) is 20.4. The van der Waals surface area contributed by atoms with Crippen molar-refractivity contribution < 1.29 is 9.34 Å². The van der Waals surface area contributed by atoms with E-state index in [0.717, 1.165) is 43.2 Å². The van der Waals surface area contributed by atoms with Gasteiger partial charge in [-0.3, -0.25) is 10.1 Å². The Kier molecular flexibility index (Phi) is 5.31. The van der Waals surface area contributed by atoms with Crippen LogP contribution in [0.15, 0.2) is 65.1 Å². The summed E-state index contributed by atoms with van der Waals surface area (Å²) in [5.74, 6) is 1.52. The van der Waals surface area contributed by atoms with Gasteiger partial charge in [0.25, 0.3) is 5.69 Å². The van der Waals surface area contributed by atoms with Crippen LogP contribution in [0.4, 0.5) is 11.4 Å². The maximum atomic E-state index is 10.8. The molecular formula is C22H21N3O3S.